The molecular formula is C22H22N2O4S2. The Morgan fingerprint density at radius 3 is 2.10 bits per heavy atom. The number of rotatable bonds is 6. The van der Waals surface area contributed by atoms with Gasteiger partial charge in [-0.15, -0.1) is 11.3 Å². The van der Waals surface area contributed by atoms with Crippen LogP contribution >= 0.6 is 11.3 Å². The van der Waals surface area contributed by atoms with Crippen molar-refractivity contribution in [3.8, 4) is 5.75 Å². The first kappa shape index (κ1) is 20.7. The van der Waals surface area contributed by atoms with E-state index in [1.54, 1.807) is 5.38 Å². The maximum absolute atomic E-state index is 13.2. The van der Waals surface area contributed by atoms with Gasteiger partial charge in [0.25, 0.3) is 10.0 Å². The summed E-state index contributed by atoms with van der Waals surface area (Å²) >= 11 is 1.13. The van der Waals surface area contributed by atoms with Gasteiger partial charge in [-0.1, -0.05) is 60.7 Å². The van der Waals surface area contributed by atoms with Crippen LogP contribution in [0.15, 0.2) is 75.2 Å². The minimum Gasteiger partial charge on any atom is -0.492 e. The minimum absolute atomic E-state index is 0.172. The highest BCUT2D eigenvalue weighted by Gasteiger charge is 2.32. The first-order valence-corrected chi connectivity index (χ1v) is 11.9. The van der Waals surface area contributed by atoms with Crippen molar-refractivity contribution >= 4 is 32.8 Å². The first-order chi connectivity index (χ1) is 14.6. The number of hydrogen-bond donors (Lipinski definition) is 0. The highest BCUT2D eigenvalue weighted by Crippen LogP contribution is 2.42. The highest BCUT2D eigenvalue weighted by atomic mass is 32.2. The number of hydrogen-bond acceptors (Lipinski definition) is 6. The van der Waals surface area contributed by atoms with Crippen LogP contribution in [0.1, 0.15) is 11.1 Å². The van der Waals surface area contributed by atoms with Gasteiger partial charge >= 0.3 is 0 Å². The molecule has 8 heteroatoms. The van der Waals surface area contributed by atoms with Crippen LogP contribution in [0.25, 0.3) is 0 Å². The molecule has 0 bridgehead atoms. The number of aliphatic imine (C=N–C) groups is 1. The summed E-state index contributed by atoms with van der Waals surface area (Å²) in [6, 6.07) is 19.6. The van der Waals surface area contributed by atoms with Gasteiger partial charge in [0, 0.05) is 29.6 Å². The van der Waals surface area contributed by atoms with Crippen LogP contribution in [0.5, 0.6) is 5.75 Å². The van der Waals surface area contributed by atoms with E-state index in [4.69, 9.17) is 14.5 Å². The first-order valence-electron chi connectivity index (χ1n) is 9.54. The fourth-order valence-corrected chi connectivity index (χ4v) is 6.18. The summed E-state index contributed by atoms with van der Waals surface area (Å²) in [5, 5.41) is 1.73. The van der Waals surface area contributed by atoms with Crippen molar-refractivity contribution in [1.82, 2.24) is 4.31 Å². The Bertz CT molecular complexity index is 1080. The van der Waals surface area contributed by atoms with E-state index >= 15 is 0 Å². The number of sulfonamides is 1. The zero-order valence-corrected chi connectivity index (χ0v) is 18.2. The predicted octanol–water partition coefficient (Wildman–Crippen LogP) is 3.95. The van der Waals surface area contributed by atoms with Crippen LogP contribution in [-0.2, 0) is 14.8 Å². The average molecular weight is 443 g/mol. The highest BCUT2D eigenvalue weighted by molar-refractivity contribution is 7.91. The number of ether oxygens (including phenoxy) is 2. The van der Waals surface area contributed by atoms with Gasteiger partial charge in [-0.25, -0.2) is 13.4 Å². The molecule has 1 fully saturated rings. The maximum Gasteiger partial charge on any atom is 0.256 e. The van der Waals surface area contributed by atoms with Crippen LogP contribution in [0.2, 0.25) is 0 Å². The fourth-order valence-electron chi connectivity index (χ4n) is 3.28. The Morgan fingerprint density at radius 2 is 1.57 bits per heavy atom. The molecular weight excluding hydrogens is 420 g/mol. The van der Waals surface area contributed by atoms with Crippen molar-refractivity contribution in [1.29, 1.82) is 0 Å². The lowest BCUT2D eigenvalue weighted by Gasteiger charge is -2.25. The van der Waals surface area contributed by atoms with Crippen molar-refractivity contribution in [3.05, 3.63) is 77.2 Å². The van der Waals surface area contributed by atoms with Crippen LogP contribution in [0.4, 0.5) is 5.69 Å². The number of methoxy groups -OCH3 is 1. The predicted molar refractivity (Wildman–Crippen MR) is 119 cm³/mol. The number of thiophene rings is 1. The SMILES string of the molecule is COc1c(N=C(c2ccccc2)c2ccccc2)csc1S(=O)(=O)N1CCOCC1. The van der Waals surface area contributed by atoms with Crippen molar-refractivity contribution in [3.63, 3.8) is 0 Å². The molecule has 0 radical (unpaired) electrons. The molecule has 4 rings (SSSR count). The van der Waals surface area contributed by atoms with Crippen LogP contribution in [0.3, 0.4) is 0 Å². The number of morpholine rings is 1. The van der Waals surface area contributed by atoms with E-state index in [0.29, 0.717) is 32.0 Å². The Balaban J connectivity index is 1.80. The van der Waals surface area contributed by atoms with Crippen LogP contribution < -0.4 is 4.74 Å². The lowest BCUT2D eigenvalue weighted by Crippen LogP contribution is -2.40. The van der Waals surface area contributed by atoms with Crippen molar-refractivity contribution in [2.24, 2.45) is 4.99 Å². The molecule has 1 saturated heterocycles. The van der Waals surface area contributed by atoms with Crippen molar-refractivity contribution < 1.29 is 17.9 Å². The quantitative estimate of drug-likeness (QED) is 0.542. The maximum atomic E-state index is 13.2. The third kappa shape index (κ3) is 4.17. The zero-order valence-electron chi connectivity index (χ0n) is 16.5. The Morgan fingerprint density at radius 1 is 1.00 bits per heavy atom. The Hall–Kier alpha value is -2.52. The topological polar surface area (TPSA) is 68.2 Å². The van der Waals surface area contributed by atoms with E-state index in [1.807, 2.05) is 60.7 Å². The summed E-state index contributed by atoms with van der Waals surface area (Å²) in [5.74, 6) is 0.274. The molecule has 0 spiro atoms. The summed E-state index contributed by atoms with van der Waals surface area (Å²) < 4.78 is 38.7. The summed E-state index contributed by atoms with van der Waals surface area (Å²) in [5.41, 5.74) is 3.13. The molecule has 30 heavy (non-hydrogen) atoms. The van der Waals surface area contributed by atoms with Gasteiger partial charge in [-0.3, -0.25) is 0 Å². The smallest absolute Gasteiger partial charge is 0.256 e. The van der Waals surface area contributed by atoms with Crippen molar-refractivity contribution in [2.45, 2.75) is 4.21 Å². The second-order valence-electron chi connectivity index (χ2n) is 6.65. The van der Waals surface area contributed by atoms with Gasteiger partial charge < -0.3 is 9.47 Å². The average Bonchev–Trinajstić information content (AvgIpc) is 3.23. The van der Waals surface area contributed by atoms with Crippen molar-refractivity contribution in [2.75, 3.05) is 33.4 Å². The molecule has 156 valence electrons. The molecule has 0 saturated carbocycles. The lowest BCUT2D eigenvalue weighted by molar-refractivity contribution is 0.0730. The van der Waals surface area contributed by atoms with Gasteiger partial charge in [0.2, 0.25) is 0 Å². The monoisotopic (exact) mass is 442 g/mol. The van der Waals surface area contributed by atoms with E-state index < -0.39 is 10.0 Å². The van der Waals surface area contributed by atoms with Gasteiger partial charge in [0.05, 0.1) is 26.0 Å². The largest absolute Gasteiger partial charge is 0.492 e. The van der Waals surface area contributed by atoms with E-state index in [9.17, 15) is 8.42 Å². The standard InChI is InChI=1S/C22H22N2O4S2/c1-27-21-19(16-29-22(21)30(25,26)24-12-14-28-15-13-24)23-20(17-8-4-2-5-9-17)18-10-6-3-7-11-18/h2-11,16H,12-15H2,1H3. The third-order valence-electron chi connectivity index (χ3n) is 4.77. The molecule has 1 aliphatic heterocycles. The molecule has 0 atom stereocenters. The van der Waals surface area contributed by atoms with Gasteiger partial charge in [0.1, 0.15) is 5.69 Å². The van der Waals surface area contributed by atoms with E-state index in [2.05, 4.69) is 0 Å². The molecule has 0 aliphatic carbocycles. The van der Waals surface area contributed by atoms with E-state index in [-0.39, 0.29) is 9.96 Å². The van der Waals surface area contributed by atoms with Gasteiger partial charge in [0.15, 0.2) is 9.96 Å². The van der Waals surface area contributed by atoms with Crippen LogP contribution in [-0.4, -0.2) is 51.8 Å². The van der Waals surface area contributed by atoms with E-state index in [1.165, 1.54) is 11.4 Å². The summed E-state index contributed by atoms with van der Waals surface area (Å²) in [6.45, 7) is 1.46. The second-order valence-corrected chi connectivity index (χ2v) is 9.66. The fraction of sp³-hybridized carbons (Fsp3) is 0.227. The van der Waals surface area contributed by atoms with Gasteiger partial charge in [-0.05, 0) is 0 Å². The molecule has 0 amide bonds. The molecule has 0 N–H and O–H groups in total. The number of nitrogens with zero attached hydrogens (tertiary/aromatic N) is 2. The minimum atomic E-state index is -3.67. The summed E-state index contributed by atoms with van der Waals surface area (Å²) in [6.07, 6.45) is 0. The zero-order chi connectivity index (χ0) is 21.0. The molecule has 1 aromatic heterocycles. The molecule has 0 unspecified atom stereocenters. The van der Waals surface area contributed by atoms with Gasteiger partial charge in [-0.2, -0.15) is 4.31 Å². The Kier molecular flexibility index (Phi) is 6.29. The lowest BCUT2D eigenvalue weighted by atomic mass is 10.0. The molecule has 6 nitrogen and oxygen atoms in total. The molecule has 2 aromatic carbocycles. The molecule has 3 aromatic rings. The summed E-state index contributed by atoms with van der Waals surface area (Å²) in [7, 11) is -2.20. The number of benzene rings is 2. The van der Waals surface area contributed by atoms with Crippen LogP contribution in [0, 0.1) is 0 Å². The third-order valence-corrected chi connectivity index (χ3v) is 8.13. The summed E-state index contributed by atoms with van der Waals surface area (Å²) in [4.78, 5) is 4.84. The second kappa shape index (κ2) is 9.09. The van der Waals surface area contributed by atoms with E-state index in [0.717, 1.165) is 28.2 Å². The molecule has 1 aliphatic rings. The normalized spacial score (nSPS) is 15.0. The Labute approximate surface area is 180 Å². The molecule has 2 heterocycles.